The number of hydrogen-bond donors (Lipinski definition) is 1. The molecule has 0 saturated carbocycles. The molecule has 1 fully saturated rings. The Hall–Kier alpha value is -1.89. The summed E-state index contributed by atoms with van der Waals surface area (Å²) in [6.45, 7) is 3.58. The molecule has 0 aromatic heterocycles. The Morgan fingerprint density at radius 2 is 2.29 bits per heavy atom. The molecule has 0 radical (unpaired) electrons. The van der Waals surface area contributed by atoms with Crippen molar-refractivity contribution in [3.63, 3.8) is 0 Å². The molecule has 1 aromatic rings. The van der Waals surface area contributed by atoms with Gasteiger partial charge in [0, 0.05) is 26.2 Å². The predicted molar refractivity (Wildman–Crippen MR) is 86.4 cm³/mol. The quantitative estimate of drug-likeness (QED) is 0.829. The minimum absolute atomic E-state index is 0.0978. The maximum atomic E-state index is 12.3. The molecule has 7 heteroatoms. The summed E-state index contributed by atoms with van der Waals surface area (Å²) in [6.07, 6.45) is -0.512. The number of likely N-dealkylation sites (tertiary alicyclic amines) is 1. The van der Waals surface area contributed by atoms with Crippen LogP contribution in [0.3, 0.4) is 0 Å². The number of ether oxygens (including phenoxy) is 2. The second-order valence-corrected chi connectivity index (χ2v) is 5.67. The van der Waals surface area contributed by atoms with Crippen molar-refractivity contribution in [3.8, 4) is 5.75 Å². The van der Waals surface area contributed by atoms with Crippen LogP contribution in [0.4, 0.5) is 13.6 Å². The lowest BCUT2D eigenvalue weighted by atomic mass is 10.1. The van der Waals surface area contributed by atoms with Gasteiger partial charge in [0.15, 0.2) is 0 Å². The first-order chi connectivity index (χ1) is 11.6. The molecule has 2 amide bonds. The van der Waals surface area contributed by atoms with Crippen LogP contribution in [0, 0.1) is 0 Å². The fraction of sp³-hybridized carbons (Fsp3) is 0.588. The highest BCUT2D eigenvalue weighted by molar-refractivity contribution is 5.74. The lowest BCUT2D eigenvalue weighted by Gasteiger charge is -2.32. The third-order valence-electron chi connectivity index (χ3n) is 3.79. The Bertz CT molecular complexity index is 526. The lowest BCUT2D eigenvalue weighted by molar-refractivity contribution is 0.0164. The molecule has 0 unspecified atom stereocenters. The van der Waals surface area contributed by atoms with Gasteiger partial charge in [-0.2, -0.15) is 0 Å². The summed E-state index contributed by atoms with van der Waals surface area (Å²) in [6, 6.07) is 6.66. The number of amides is 2. The smallest absolute Gasteiger partial charge is 0.317 e. The molecule has 1 aliphatic rings. The average molecular weight is 342 g/mol. The molecular formula is C17H24F2N2O3. The van der Waals surface area contributed by atoms with Gasteiger partial charge in [-0.3, -0.25) is 0 Å². The summed E-state index contributed by atoms with van der Waals surface area (Å²) < 4.78 is 34.9. The van der Waals surface area contributed by atoms with Crippen LogP contribution in [0.5, 0.6) is 5.75 Å². The van der Waals surface area contributed by atoms with Crippen molar-refractivity contribution < 1.29 is 23.0 Å². The number of alkyl halides is 2. The van der Waals surface area contributed by atoms with Crippen LogP contribution < -0.4 is 10.1 Å². The highest BCUT2D eigenvalue weighted by Crippen LogP contribution is 2.15. The molecule has 0 spiro atoms. The van der Waals surface area contributed by atoms with Gasteiger partial charge in [-0.15, -0.1) is 0 Å². The molecule has 5 nitrogen and oxygen atoms in total. The van der Waals surface area contributed by atoms with Gasteiger partial charge >= 0.3 is 6.03 Å². The van der Waals surface area contributed by atoms with E-state index in [0.29, 0.717) is 32.0 Å². The van der Waals surface area contributed by atoms with Crippen LogP contribution in [0.1, 0.15) is 25.3 Å². The van der Waals surface area contributed by atoms with Crippen molar-refractivity contribution >= 4 is 6.03 Å². The van der Waals surface area contributed by atoms with E-state index in [-0.39, 0.29) is 12.1 Å². The van der Waals surface area contributed by atoms with E-state index in [1.807, 2.05) is 13.0 Å². The molecular weight excluding hydrogens is 318 g/mol. The normalized spacial score (nSPS) is 17.8. The first-order valence-corrected chi connectivity index (χ1v) is 8.22. The molecule has 1 heterocycles. The summed E-state index contributed by atoms with van der Waals surface area (Å²) in [5.41, 5.74) is 0.800. The Morgan fingerprint density at radius 3 is 3.04 bits per heavy atom. The minimum atomic E-state index is -2.51. The van der Waals surface area contributed by atoms with E-state index < -0.39 is 13.0 Å². The number of benzene rings is 1. The van der Waals surface area contributed by atoms with Gasteiger partial charge in [0.25, 0.3) is 6.43 Å². The zero-order chi connectivity index (χ0) is 17.4. The van der Waals surface area contributed by atoms with Crippen molar-refractivity contribution in [3.05, 3.63) is 29.8 Å². The van der Waals surface area contributed by atoms with Crippen LogP contribution >= 0.6 is 0 Å². The molecule has 134 valence electrons. The summed E-state index contributed by atoms with van der Waals surface area (Å²) in [7, 11) is 0. The van der Waals surface area contributed by atoms with Crippen LogP contribution in [-0.4, -0.2) is 49.8 Å². The Morgan fingerprint density at radius 1 is 1.46 bits per heavy atom. The molecule has 2 rings (SSSR count). The van der Waals surface area contributed by atoms with Gasteiger partial charge in [-0.25, -0.2) is 13.6 Å². The van der Waals surface area contributed by atoms with Gasteiger partial charge < -0.3 is 19.7 Å². The molecule has 1 saturated heterocycles. The fourth-order valence-electron chi connectivity index (χ4n) is 2.69. The number of nitrogens with one attached hydrogen (secondary N) is 1. The van der Waals surface area contributed by atoms with Crippen molar-refractivity contribution in [2.24, 2.45) is 0 Å². The van der Waals surface area contributed by atoms with Crippen molar-refractivity contribution in [1.82, 2.24) is 10.2 Å². The summed E-state index contributed by atoms with van der Waals surface area (Å²) in [4.78, 5) is 14.0. The highest BCUT2D eigenvalue weighted by Gasteiger charge is 2.23. The fourth-order valence-corrected chi connectivity index (χ4v) is 2.69. The first kappa shape index (κ1) is 18.4. The summed E-state index contributed by atoms with van der Waals surface area (Å²) in [5.74, 6) is 0.372. The van der Waals surface area contributed by atoms with E-state index in [0.717, 1.165) is 18.4 Å². The highest BCUT2D eigenvalue weighted by atomic mass is 19.3. The van der Waals surface area contributed by atoms with Crippen molar-refractivity contribution in [2.45, 2.75) is 38.8 Å². The number of carbonyl (C=O) groups is 1. The van der Waals surface area contributed by atoms with E-state index >= 15 is 0 Å². The molecule has 0 bridgehead atoms. The number of rotatable bonds is 7. The number of nitrogens with zero attached hydrogens (tertiary/aromatic N) is 1. The monoisotopic (exact) mass is 342 g/mol. The average Bonchev–Trinajstić information content (AvgIpc) is 2.59. The molecule has 1 aliphatic heterocycles. The van der Waals surface area contributed by atoms with E-state index in [9.17, 15) is 13.6 Å². The molecule has 1 N–H and O–H groups in total. The zero-order valence-corrected chi connectivity index (χ0v) is 13.8. The number of halogens is 2. The van der Waals surface area contributed by atoms with Gasteiger partial charge in [-0.05, 0) is 37.5 Å². The van der Waals surface area contributed by atoms with E-state index in [2.05, 4.69) is 5.32 Å². The third-order valence-corrected chi connectivity index (χ3v) is 3.79. The lowest BCUT2D eigenvalue weighted by Crippen LogP contribution is -2.47. The van der Waals surface area contributed by atoms with Gasteiger partial charge in [0.2, 0.25) is 0 Å². The second-order valence-electron chi connectivity index (χ2n) is 5.67. The zero-order valence-electron chi connectivity index (χ0n) is 13.8. The van der Waals surface area contributed by atoms with E-state index in [1.54, 1.807) is 23.1 Å². The molecule has 1 atom stereocenters. The van der Waals surface area contributed by atoms with E-state index in [4.69, 9.17) is 9.47 Å². The number of hydrogen-bond acceptors (Lipinski definition) is 3. The first-order valence-electron chi connectivity index (χ1n) is 8.22. The van der Waals surface area contributed by atoms with Crippen LogP contribution in [-0.2, 0) is 11.3 Å². The Kier molecular flexibility index (Phi) is 7.24. The third kappa shape index (κ3) is 5.96. The van der Waals surface area contributed by atoms with E-state index in [1.165, 1.54) is 0 Å². The second kappa shape index (κ2) is 9.42. The predicted octanol–water partition coefficient (Wildman–Crippen LogP) is 3.04. The summed E-state index contributed by atoms with van der Waals surface area (Å²) >= 11 is 0. The Labute approximate surface area is 140 Å². The maximum absolute atomic E-state index is 12.3. The van der Waals surface area contributed by atoms with Gasteiger partial charge in [-0.1, -0.05) is 12.1 Å². The molecule has 1 aromatic carbocycles. The summed E-state index contributed by atoms with van der Waals surface area (Å²) in [5, 5.41) is 2.85. The topological polar surface area (TPSA) is 50.8 Å². The maximum Gasteiger partial charge on any atom is 0.317 e. The molecule has 24 heavy (non-hydrogen) atoms. The minimum Gasteiger partial charge on any atom is -0.488 e. The van der Waals surface area contributed by atoms with Crippen molar-refractivity contribution in [2.75, 3.05) is 26.3 Å². The van der Waals surface area contributed by atoms with Crippen LogP contribution in [0.2, 0.25) is 0 Å². The van der Waals surface area contributed by atoms with Gasteiger partial charge in [0.1, 0.15) is 12.4 Å². The SMILES string of the molecule is CCO[C@@H]1CCCN(C(=O)NCc2cccc(OCC(F)F)c2)C1. The number of piperidine rings is 1. The number of carbonyl (C=O) groups excluding carboxylic acids is 1. The van der Waals surface area contributed by atoms with Crippen molar-refractivity contribution in [1.29, 1.82) is 0 Å². The largest absolute Gasteiger partial charge is 0.488 e. The molecule has 0 aliphatic carbocycles. The number of urea groups is 1. The van der Waals surface area contributed by atoms with Crippen LogP contribution in [0.15, 0.2) is 24.3 Å². The Balaban J connectivity index is 1.81. The van der Waals surface area contributed by atoms with Crippen LogP contribution in [0.25, 0.3) is 0 Å². The standard InChI is InChI=1S/C17H24F2N2O3/c1-2-23-15-7-4-8-21(11-15)17(22)20-10-13-5-3-6-14(9-13)24-12-16(18)19/h3,5-6,9,15-16H,2,4,7-8,10-12H2,1H3,(H,20,22)/t15-/m1/s1. The van der Waals surface area contributed by atoms with Gasteiger partial charge in [0.05, 0.1) is 6.10 Å².